The molecule has 0 radical (unpaired) electrons. The molecule has 0 bridgehead atoms. The van der Waals surface area contributed by atoms with Gasteiger partial charge in [0.2, 0.25) is 0 Å². The Morgan fingerprint density at radius 1 is 1.09 bits per heavy atom. The van der Waals surface area contributed by atoms with Crippen LogP contribution in [0.25, 0.3) is 0 Å². The Hall–Kier alpha value is -3.94. The van der Waals surface area contributed by atoms with Crippen LogP contribution in [0.4, 0.5) is 10.1 Å². The summed E-state index contributed by atoms with van der Waals surface area (Å²) in [5, 5.41) is 7.10. The van der Waals surface area contributed by atoms with E-state index in [0.29, 0.717) is 46.9 Å². The number of furan rings is 1. The second kappa shape index (κ2) is 9.05. The van der Waals surface area contributed by atoms with Gasteiger partial charge < -0.3 is 14.5 Å². The van der Waals surface area contributed by atoms with Crippen molar-refractivity contribution in [1.29, 1.82) is 0 Å². The minimum atomic E-state index is -0.443. The molecule has 2 amide bonds. The molecular weight excluding hydrogens is 413 g/mol. The minimum Gasteiger partial charge on any atom is -0.497 e. The molecule has 3 aromatic rings. The third kappa shape index (κ3) is 4.39. The van der Waals surface area contributed by atoms with Crippen molar-refractivity contribution in [3.8, 4) is 5.75 Å². The Bertz CT molecular complexity index is 1200. The van der Waals surface area contributed by atoms with Crippen molar-refractivity contribution in [2.45, 2.75) is 26.2 Å². The van der Waals surface area contributed by atoms with Crippen LogP contribution in [-0.4, -0.2) is 24.6 Å². The first-order chi connectivity index (χ1) is 15.5. The van der Waals surface area contributed by atoms with Crippen LogP contribution < -0.4 is 15.5 Å². The van der Waals surface area contributed by atoms with Crippen molar-refractivity contribution < 1.29 is 23.1 Å². The molecule has 2 N–H and O–H groups in total. The summed E-state index contributed by atoms with van der Waals surface area (Å²) in [6.07, 6.45) is 2.09. The van der Waals surface area contributed by atoms with Crippen LogP contribution in [0.5, 0.6) is 5.75 Å². The monoisotopic (exact) mass is 435 g/mol. The Balaban J connectivity index is 1.55. The van der Waals surface area contributed by atoms with Gasteiger partial charge in [-0.2, -0.15) is 5.10 Å². The van der Waals surface area contributed by atoms with E-state index in [4.69, 9.17) is 9.15 Å². The summed E-state index contributed by atoms with van der Waals surface area (Å²) in [5.74, 6) is 0.265. The number of ether oxygens (including phenoxy) is 1. The highest BCUT2D eigenvalue weighted by Gasteiger charge is 2.28. The molecule has 32 heavy (non-hydrogen) atoms. The van der Waals surface area contributed by atoms with Crippen molar-refractivity contribution in [2.75, 3.05) is 12.4 Å². The molecule has 2 aromatic carbocycles. The molecule has 0 fully saturated rings. The van der Waals surface area contributed by atoms with Crippen molar-refractivity contribution >= 4 is 23.2 Å². The lowest BCUT2D eigenvalue weighted by Gasteiger charge is -2.13. The van der Waals surface area contributed by atoms with Gasteiger partial charge in [0, 0.05) is 34.9 Å². The van der Waals surface area contributed by atoms with Crippen LogP contribution in [0, 0.1) is 12.7 Å². The number of benzene rings is 2. The van der Waals surface area contributed by atoms with Crippen LogP contribution in [-0.2, 0) is 6.42 Å². The van der Waals surface area contributed by atoms with Gasteiger partial charge in [0.05, 0.1) is 12.8 Å². The lowest BCUT2D eigenvalue weighted by atomic mass is 9.93. The van der Waals surface area contributed by atoms with Crippen LogP contribution in [0.2, 0.25) is 0 Å². The fourth-order valence-corrected chi connectivity index (χ4v) is 3.67. The smallest absolute Gasteiger partial charge is 0.291 e. The van der Waals surface area contributed by atoms with E-state index in [-0.39, 0.29) is 11.7 Å². The number of rotatable bonds is 5. The summed E-state index contributed by atoms with van der Waals surface area (Å²) >= 11 is 0. The van der Waals surface area contributed by atoms with E-state index < -0.39 is 11.7 Å². The number of hydrogen-bond acceptors (Lipinski definition) is 5. The highest BCUT2D eigenvalue weighted by atomic mass is 19.1. The fraction of sp³-hybridized carbons (Fsp3) is 0.208. The zero-order valence-corrected chi connectivity index (χ0v) is 17.7. The molecule has 0 aliphatic heterocycles. The van der Waals surface area contributed by atoms with E-state index in [2.05, 4.69) is 15.8 Å². The molecule has 7 nitrogen and oxygen atoms in total. The summed E-state index contributed by atoms with van der Waals surface area (Å²) in [6, 6.07) is 12.3. The highest BCUT2D eigenvalue weighted by Crippen LogP contribution is 2.30. The zero-order chi connectivity index (χ0) is 22.7. The first kappa shape index (κ1) is 21.3. The number of nitrogens with zero attached hydrogens (tertiary/aromatic N) is 1. The number of hydrogen-bond donors (Lipinski definition) is 2. The van der Waals surface area contributed by atoms with Crippen molar-refractivity contribution in [3.63, 3.8) is 0 Å². The predicted octanol–water partition coefficient (Wildman–Crippen LogP) is 4.46. The Labute approximate surface area is 184 Å². The molecule has 1 aromatic heterocycles. The largest absolute Gasteiger partial charge is 0.497 e. The van der Waals surface area contributed by atoms with E-state index in [0.717, 1.165) is 12.0 Å². The normalized spacial score (nSPS) is 14.0. The number of anilines is 1. The molecule has 0 saturated heterocycles. The van der Waals surface area contributed by atoms with Gasteiger partial charge in [0.15, 0.2) is 5.76 Å². The van der Waals surface area contributed by atoms with Crippen LogP contribution >= 0.6 is 0 Å². The summed E-state index contributed by atoms with van der Waals surface area (Å²) in [7, 11) is 1.56. The second-order valence-corrected chi connectivity index (χ2v) is 7.40. The average molecular weight is 435 g/mol. The number of halogens is 1. The van der Waals surface area contributed by atoms with Crippen LogP contribution in [0.3, 0.4) is 0 Å². The SMILES string of the molecule is COc1cccc(NC(=O)c2oc3c(c2C)/C(=N/NC(=O)c2ccc(F)cc2)CCC3)c1. The van der Waals surface area contributed by atoms with Crippen LogP contribution in [0.15, 0.2) is 58.0 Å². The number of hydrazone groups is 1. The van der Waals surface area contributed by atoms with Crippen LogP contribution in [0.1, 0.15) is 50.6 Å². The lowest BCUT2D eigenvalue weighted by molar-refractivity contribution is 0.0953. The molecule has 1 aliphatic carbocycles. The minimum absolute atomic E-state index is 0.206. The number of fused-ring (bicyclic) bond motifs is 1. The molecule has 1 aliphatic rings. The van der Waals surface area contributed by atoms with E-state index in [9.17, 15) is 14.0 Å². The fourth-order valence-electron chi connectivity index (χ4n) is 3.67. The number of aryl methyl sites for hydroxylation is 1. The Morgan fingerprint density at radius 2 is 1.88 bits per heavy atom. The maximum atomic E-state index is 13.1. The number of nitrogens with one attached hydrogen (secondary N) is 2. The number of carbonyl (C=O) groups is 2. The molecule has 1 heterocycles. The molecular formula is C24H22FN3O4. The summed E-state index contributed by atoms with van der Waals surface area (Å²) in [4.78, 5) is 25.2. The molecule has 0 spiro atoms. The summed E-state index contributed by atoms with van der Waals surface area (Å²) < 4.78 is 24.1. The maximum absolute atomic E-state index is 13.1. The lowest BCUT2D eigenvalue weighted by Crippen LogP contribution is -2.22. The molecule has 164 valence electrons. The van der Waals surface area contributed by atoms with E-state index in [1.165, 1.54) is 24.3 Å². The van der Waals surface area contributed by atoms with Crippen molar-refractivity contribution in [1.82, 2.24) is 5.43 Å². The van der Waals surface area contributed by atoms with E-state index in [1.54, 1.807) is 38.3 Å². The maximum Gasteiger partial charge on any atom is 0.291 e. The topological polar surface area (TPSA) is 92.9 Å². The Morgan fingerprint density at radius 3 is 2.62 bits per heavy atom. The van der Waals surface area contributed by atoms with Gasteiger partial charge in [0.1, 0.15) is 17.3 Å². The zero-order valence-electron chi connectivity index (χ0n) is 17.7. The van der Waals surface area contributed by atoms with Gasteiger partial charge in [-0.1, -0.05) is 6.07 Å². The predicted molar refractivity (Wildman–Crippen MR) is 118 cm³/mol. The van der Waals surface area contributed by atoms with E-state index in [1.807, 2.05) is 0 Å². The van der Waals surface area contributed by atoms with Gasteiger partial charge in [-0.25, -0.2) is 9.82 Å². The van der Waals surface area contributed by atoms with Gasteiger partial charge in [-0.15, -0.1) is 0 Å². The number of carbonyl (C=O) groups excluding carboxylic acids is 2. The standard InChI is InChI=1S/C24H22FN3O4/c1-14-21-19(27-28-23(29)15-9-11-16(25)12-10-15)7-4-8-20(21)32-22(14)24(30)26-17-5-3-6-18(13-17)31-2/h3,5-6,9-13H,4,7-8H2,1-2H3,(H,26,30)(H,28,29)/b27-19+. The van der Waals surface area contributed by atoms with Gasteiger partial charge >= 0.3 is 0 Å². The molecule has 0 saturated carbocycles. The summed E-state index contributed by atoms with van der Waals surface area (Å²) in [5.41, 5.74) is 5.45. The van der Waals surface area contributed by atoms with E-state index >= 15 is 0 Å². The quantitative estimate of drug-likeness (QED) is 0.579. The first-order valence-corrected chi connectivity index (χ1v) is 10.2. The van der Waals surface area contributed by atoms with Crippen molar-refractivity contribution in [2.24, 2.45) is 5.10 Å². The number of methoxy groups -OCH3 is 1. The third-order valence-corrected chi connectivity index (χ3v) is 5.26. The summed E-state index contributed by atoms with van der Waals surface area (Å²) in [6.45, 7) is 1.80. The molecule has 4 rings (SSSR count). The number of amides is 2. The Kier molecular flexibility index (Phi) is 6.02. The molecule has 0 atom stereocenters. The third-order valence-electron chi connectivity index (χ3n) is 5.26. The highest BCUT2D eigenvalue weighted by molar-refractivity contribution is 6.09. The first-order valence-electron chi connectivity index (χ1n) is 10.2. The van der Waals surface area contributed by atoms with Gasteiger partial charge in [-0.05, 0) is 56.2 Å². The van der Waals surface area contributed by atoms with Gasteiger partial charge in [-0.3, -0.25) is 9.59 Å². The van der Waals surface area contributed by atoms with Crippen molar-refractivity contribution in [3.05, 3.63) is 82.6 Å². The molecule has 0 unspecified atom stereocenters. The van der Waals surface area contributed by atoms with Gasteiger partial charge in [0.25, 0.3) is 11.8 Å². The second-order valence-electron chi connectivity index (χ2n) is 7.40. The average Bonchev–Trinajstić information content (AvgIpc) is 3.15. The molecule has 8 heteroatoms.